The van der Waals surface area contributed by atoms with Gasteiger partial charge in [0.05, 0.1) is 22.8 Å². The standard InChI is InChI=1S/C18H23N5O4/c1-3-23-16-12(9-20-23)15(21-11-4-6-26-7-5-11)13(8-19-16)17-22-14(10-27-17)18(2,24)25/h8-11,24-25H,3-7H2,1-2H3,(H,19,21). The lowest BCUT2D eigenvalue weighted by Crippen LogP contribution is -2.28. The van der Waals surface area contributed by atoms with Crippen LogP contribution in [0, 0.1) is 0 Å². The molecule has 0 saturated carbocycles. The van der Waals surface area contributed by atoms with E-state index in [2.05, 4.69) is 20.4 Å². The summed E-state index contributed by atoms with van der Waals surface area (Å²) in [4.78, 5) is 8.76. The molecule has 0 spiro atoms. The monoisotopic (exact) mass is 373 g/mol. The molecule has 0 amide bonds. The van der Waals surface area contributed by atoms with Gasteiger partial charge in [0.2, 0.25) is 11.7 Å². The fourth-order valence-corrected chi connectivity index (χ4v) is 3.24. The quantitative estimate of drug-likeness (QED) is 0.580. The number of nitrogens with zero attached hydrogens (tertiary/aromatic N) is 4. The number of anilines is 1. The van der Waals surface area contributed by atoms with Crippen molar-refractivity contribution in [3.63, 3.8) is 0 Å². The minimum atomic E-state index is -2.07. The molecule has 0 bridgehead atoms. The first-order chi connectivity index (χ1) is 13.0. The number of hydrogen-bond acceptors (Lipinski definition) is 8. The molecule has 1 aliphatic rings. The summed E-state index contributed by atoms with van der Waals surface area (Å²) in [6, 6.07) is 0.253. The predicted molar refractivity (Wildman–Crippen MR) is 98.0 cm³/mol. The van der Waals surface area contributed by atoms with Gasteiger partial charge in [-0.2, -0.15) is 5.10 Å². The molecule has 0 atom stereocenters. The summed E-state index contributed by atoms with van der Waals surface area (Å²) >= 11 is 0. The van der Waals surface area contributed by atoms with Crippen molar-refractivity contribution in [1.82, 2.24) is 19.7 Å². The van der Waals surface area contributed by atoms with Crippen LogP contribution >= 0.6 is 0 Å². The molecule has 0 aliphatic carbocycles. The highest BCUT2D eigenvalue weighted by atomic mass is 16.5. The van der Waals surface area contributed by atoms with Crippen LogP contribution < -0.4 is 5.32 Å². The molecule has 4 heterocycles. The molecule has 9 heteroatoms. The predicted octanol–water partition coefficient (Wildman–Crippen LogP) is 1.85. The number of oxazole rings is 1. The molecule has 3 aromatic heterocycles. The second-order valence-corrected chi connectivity index (χ2v) is 6.83. The second-order valence-electron chi connectivity index (χ2n) is 6.83. The smallest absolute Gasteiger partial charge is 0.230 e. The van der Waals surface area contributed by atoms with Crippen LogP contribution in [-0.4, -0.2) is 49.2 Å². The number of aliphatic hydroxyl groups is 2. The van der Waals surface area contributed by atoms with Crippen molar-refractivity contribution < 1.29 is 19.4 Å². The lowest BCUT2D eigenvalue weighted by Gasteiger charge is -2.25. The van der Waals surface area contributed by atoms with Gasteiger partial charge in [0.15, 0.2) is 5.65 Å². The first-order valence-corrected chi connectivity index (χ1v) is 9.07. The number of rotatable bonds is 5. The molecule has 1 saturated heterocycles. The molecule has 4 rings (SSSR count). The Labute approximate surface area is 156 Å². The third-order valence-corrected chi connectivity index (χ3v) is 4.76. The fourth-order valence-electron chi connectivity index (χ4n) is 3.24. The molecule has 0 aromatic carbocycles. The minimum Gasteiger partial charge on any atom is -0.444 e. The van der Waals surface area contributed by atoms with Gasteiger partial charge in [-0.05, 0) is 26.7 Å². The van der Waals surface area contributed by atoms with Crippen LogP contribution in [0.4, 0.5) is 5.69 Å². The van der Waals surface area contributed by atoms with E-state index in [4.69, 9.17) is 9.15 Å². The summed E-state index contributed by atoms with van der Waals surface area (Å²) < 4.78 is 12.8. The Kier molecular flexibility index (Phi) is 4.58. The van der Waals surface area contributed by atoms with Gasteiger partial charge >= 0.3 is 0 Å². The van der Waals surface area contributed by atoms with E-state index >= 15 is 0 Å². The van der Waals surface area contributed by atoms with Gasteiger partial charge in [-0.15, -0.1) is 0 Å². The maximum atomic E-state index is 9.76. The third-order valence-electron chi connectivity index (χ3n) is 4.76. The molecule has 9 nitrogen and oxygen atoms in total. The SMILES string of the molecule is CCn1ncc2c(NC3CCOCC3)c(-c3nc(C(C)(O)O)co3)cnc21. The number of fused-ring (bicyclic) bond motifs is 1. The molecule has 3 aromatic rings. The topological polar surface area (TPSA) is 118 Å². The minimum absolute atomic E-state index is 0.0406. The number of hydrogen-bond donors (Lipinski definition) is 3. The van der Waals surface area contributed by atoms with Gasteiger partial charge in [0.25, 0.3) is 0 Å². The average molecular weight is 373 g/mol. The first kappa shape index (κ1) is 17.9. The average Bonchev–Trinajstić information content (AvgIpc) is 3.29. The Morgan fingerprint density at radius 3 is 2.74 bits per heavy atom. The Morgan fingerprint density at radius 2 is 2.07 bits per heavy atom. The summed E-state index contributed by atoms with van der Waals surface area (Å²) in [6.07, 6.45) is 6.50. The van der Waals surface area contributed by atoms with E-state index in [1.165, 1.54) is 13.2 Å². The van der Waals surface area contributed by atoms with Crippen molar-refractivity contribution in [2.45, 2.75) is 45.1 Å². The van der Waals surface area contributed by atoms with E-state index in [1.807, 2.05) is 11.6 Å². The van der Waals surface area contributed by atoms with Crippen molar-refractivity contribution in [2.24, 2.45) is 0 Å². The molecule has 144 valence electrons. The Morgan fingerprint density at radius 1 is 1.30 bits per heavy atom. The van der Waals surface area contributed by atoms with Crippen LogP contribution in [0.15, 0.2) is 23.1 Å². The van der Waals surface area contributed by atoms with E-state index in [9.17, 15) is 10.2 Å². The largest absolute Gasteiger partial charge is 0.444 e. The van der Waals surface area contributed by atoms with Crippen molar-refractivity contribution in [1.29, 1.82) is 0 Å². The lowest BCUT2D eigenvalue weighted by molar-refractivity contribution is -0.155. The number of aromatic nitrogens is 4. The summed E-state index contributed by atoms with van der Waals surface area (Å²) in [5.74, 6) is -1.80. The summed E-state index contributed by atoms with van der Waals surface area (Å²) in [7, 11) is 0. The van der Waals surface area contributed by atoms with Gasteiger partial charge in [-0.3, -0.25) is 0 Å². The van der Waals surface area contributed by atoms with Crippen LogP contribution in [0.25, 0.3) is 22.5 Å². The fraction of sp³-hybridized carbons (Fsp3) is 0.500. The zero-order chi connectivity index (χ0) is 19.0. The highest BCUT2D eigenvalue weighted by Gasteiger charge is 2.26. The van der Waals surface area contributed by atoms with Crippen molar-refractivity contribution in [3.05, 3.63) is 24.4 Å². The maximum Gasteiger partial charge on any atom is 0.230 e. The van der Waals surface area contributed by atoms with Crippen LogP contribution in [-0.2, 0) is 17.1 Å². The van der Waals surface area contributed by atoms with E-state index < -0.39 is 5.79 Å². The zero-order valence-electron chi connectivity index (χ0n) is 15.3. The molecule has 3 N–H and O–H groups in total. The van der Waals surface area contributed by atoms with Gasteiger partial charge < -0.3 is 24.7 Å². The maximum absolute atomic E-state index is 9.76. The van der Waals surface area contributed by atoms with Crippen LogP contribution in [0.2, 0.25) is 0 Å². The van der Waals surface area contributed by atoms with Gasteiger partial charge in [0.1, 0.15) is 12.0 Å². The zero-order valence-corrected chi connectivity index (χ0v) is 15.3. The Hall–Kier alpha value is -2.49. The van der Waals surface area contributed by atoms with Gasteiger partial charge in [0, 0.05) is 32.0 Å². The number of aryl methyl sites for hydroxylation is 1. The number of pyridine rings is 1. The van der Waals surface area contributed by atoms with E-state index in [0.717, 1.165) is 29.6 Å². The van der Waals surface area contributed by atoms with Crippen LogP contribution in [0.1, 0.15) is 32.4 Å². The van der Waals surface area contributed by atoms with Crippen molar-refractivity contribution in [3.8, 4) is 11.5 Å². The first-order valence-electron chi connectivity index (χ1n) is 9.07. The summed E-state index contributed by atoms with van der Waals surface area (Å²) in [5, 5.41) is 28.4. The second kappa shape index (κ2) is 6.91. The molecule has 0 unspecified atom stereocenters. The van der Waals surface area contributed by atoms with E-state index in [-0.39, 0.29) is 17.6 Å². The van der Waals surface area contributed by atoms with Crippen LogP contribution in [0.3, 0.4) is 0 Å². The van der Waals surface area contributed by atoms with Crippen molar-refractivity contribution >= 4 is 16.7 Å². The van der Waals surface area contributed by atoms with Gasteiger partial charge in [-0.1, -0.05) is 0 Å². The molecular formula is C18H23N5O4. The van der Waals surface area contributed by atoms with E-state index in [1.54, 1.807) is 12.4 Å². The highest BCUT2D eigenvalue weighted by Crippen LogP contribution is 2.35. The van der Waals surface area contributed by atoms with Crippen molar-refractivity contribution in [2.75, 3.05) is 18.5 Å². The molecule has 1 aliphatic heterocycles. The number of nitrogens with one attached hydrogen (secondary N) is 1. The molecule has 0 radical (unpaired) electrons. The van der Waals surface area contributed by atoms with E-state index in [0.29, 0.717) is 25.3 Å². The lowest BCUT2D eigenvalue weighted by atomic mass is 10.1. The molecule has 1 fully saturated rings. The summed E-state index contributed by atoms with van der Waals surface area (Å²) in [6.45, 7) is 5.39. The van der Waals surface area contributed by atoms with Crippen LogP contribution in [0.5, 0.6) is 0 Å². The molecule has 27 heavy (non-hydrogen) atoms. The summed E-state index contributed by atoms with van der Waals surface area (Å²) in [5.41, 5.74) is 2.30. The normalized spacial score (nSPS) is 16.1. The third kappa shape index (κ3) is 3.41. The Balaban J connectivity index is 1.81. The number of ether oxygens (including phenoxy) is 1. The highest BCUT2D eigenvalue weighted by molar-refractivity contribution is 5.96. The van der Waals surface area contributed by atoms with Gasteiger partial charge in [-0.25, -0.2) is 14.6 Å². The molecular weight excluding hydrogens is 350 g/mol. The Bertz CT molecular complexity index is 937.